The van der Waals surface area contributed by atoms with Gasteiger partial charge >= 0.3 is 12.6 Å². The lowest BCUT2D eigenvalue weighted by Gasteiger charge is -2.17. The van der Waals surface area contributed by atoms with E-state index in [1.54, 1.807) is 6.92 Å². The zero-order valence-corrected chi connectivity index (χ0v) is 14.6. The molecule has 1 aromatic carbocycles. The number of anilines is 1. The standard InChI is InChI=1S/C17H22F2N4O2/c1-10-7-14(25-16(18)19)5-6-15(10)21-17(24)20-12(3)9-23-13(4)8-11(2)22-23/h5-8,12,16H,9H2,1-4H3,(H2,20,21,24). The van der Waals surface area contributed by atoms with Gasteiger partial charge in [-0.3, -0.25) is 4.68 Å². The van der Waals surface area contributed by atoms with Crippen LogP contribution in [0.1, 0.15) is 23.9 Å². The SMILES string of the molecule is Cc1cc(C)n(CC(C)NC(=O)Nc2ccc(OC(F)F)cc2C)n1. The maximum atomic E-state index is 12.2. The zero-order valence-electron chi connectivity index (χ0n) is 14.6. The molecular weight excluding hydrogens is 330 g/mol. The first-order chi connectivity index (χ1) is 11.7. The summed E-state index contributed by atoms with van der Waals surface area (Å²) in [5, 5.41) is 9.89. The first-order valence-electron chi connectivity index (χ1n) is 7.88. The number of alkyl halides is 2. The fourth-order valence-electron chi connectivity index (χ4n) is 2.50. The number of aryl methyl sites for hydroxylation is 3. The van der Waals surface area contributed by atoms with Crippen molar-refractivity contribution in [1.82, 2.24) is 15.1 Å². The summed E-state index contributed by atoms with van der Waals surface area (Å²) in [6.45, 7) is 5.12. The number of rotatable bonds is 6. The molecule has 2 rings (SSSR count). The molecule has 1 aromatic heterocycles. The summed E-state index contributed by atoms with van der Waals surface area (Å²) in [5.41, 5.74) is 3.10. The number of aromatic nitrogens is 2. The Kier molecular flexibility index (Phi) is 5.95. The predicted molar refractivity (Wildman–Crippen MR) is 91.1 cm³/mol. The molecule has 1 atom stereocenters. The number of halogens is 2. The molecule has 0 spiro atoms. The van der Waals surface area contributed by atoms with E-state index >= 15 is 0 Å². The van der Waals surface area contributed by atoms with Crippen LogP contribution in [0, 0.1) is 20.8 Å². The van der Waals surface area contributed by atoms with Crippen LogP contribution in [-0.2, 0) is 6.54 Å². The number of amides is 2. The van der Waals surface area contributed by atoms with E-state index < -0.39 is 6.61 Å². The summed E-state index contributed by atoms with van der Waals surface area (Å²) in [4.78, 5) is 12.1. The van der Waals surface area contributed by atoms with Crippen LogP contribution in [0.15, 0.2) is 24.3 Å². The second-order valence-electron chi connectivity index (χ2n) is 5.96. The molecule has 0 fully saturated rings. The van der Waals surface area contributed by atoms with Crippen molar-refractivity contribution in [2.45, 2.75) is 46.9 Å². The van der Waals surface area contributed by atoms with E-state index in [4.69, 9.17) is 0 Å². The van der Waals surface area contributed by atoms with Gasteiger partial charge in [-0.15, -0.1) is 0 Å². The van der Waals surface area contributed by atoms with E-state index in [9.17, 15) is 13.6 Å². The van der Waals surface area contributed by atoms with Crippen molar-refractivity contribution < 1.29 is 18.3 Å². The molecule has 8 heteroatoms. The number of carbonyl (C=O) groups is 1. The molecule has 0 saturated heterocycles. The highest BCUT2D eigenvalue weighted by molar-refractivity contribution is 5.90. The lowest BCUT2D eigenvalue weighted by atomic mass is 10.2. The van der Waals surface area contributed by atoms with Crippen molar-refractivity contribution in [3.63, 3.8) is 0 Å². The molecule has 0 bridgehead atoms. The third-order valence-corrected chi connectivity index (χ3v) is 3.60. The van der Waals surface area contributed by atoms with Crippen molar-refractivity contribution in [3.05, 3.63) is 41.2 Å². The third-order valence-electron chi connectivity index (χ3n) is 3.60. The first-order valence-corrected chi connectivity index (χ1v) is 7.88. The maximum absolute atomic E-state index is 12.2. The second-order valence-corrected chi connectivity index (χ2v) is 5.96. The Morgan fingerprint density at radius 3 is 2.56 bits per heavy atom. The van der Waals surface area contributed by atoms with Crippen LogP contribution in [0.5, 0.6) is 5.75 Å². The molecule has 2 N–H and O–H groups in total. The van der Waals surface area contributed by atoms with Crippen LogP contribution in [0.3, 0.4) is 0 Å². The van der Waals surface area contributed by atoms with Gasteiger partial charge in [0.1, 0.15) is 5.75 Å². The van der Waals surface area contributed by atoms with Gasteiger partial charge in [0.15, 0.2) is 0 Å². The molecule has 136 valence electrons. The smallest absolute Gasteiger partial charge is 0.387 e. The summed E-state index contributed by atoms with van der Waals surface area (Å²) in [5.74, 6) is 0.0522. The van der Waals surface area contributed by atoms with Gasteiger partial charge in [-0.1, -0.05) is 0 Å². The van der Waals surface area contributed by atoms with Crippen LogP contribution < -0.4 is 15.4 Å². The highest BCUT2D eigenvalue weighted by Crippen LogP contribution is 2.22. The lowest BCUT2D eigenvalue weighted by Crippen LogP contribution is -2.39. The van der Waals surface area contributed by atoms with E-state index in [1.165, 1.54) is 18.2 Å². The van der Waals surface area contributed by atoms with Gasteiger partial charge in [-0.25, -0.2) is 4.79 Å². The minimum absolute atomic E-state index is 0.0522. The molecule has 0 aliphatic heterocycles. The van der Waals surface area contributed by atoms with Crippen LogP contribution in [0.4, 0.5) is 19.3 Å². The van der Waals surface area contributed by atoms with Gasteiger partial charge in [-0.2, -0.15) is 13.9 Å². The van der Waals surface area contributed by atoms with Gasteiger partial charge < -0.3 is 15.4 Å². The lowest BCUT2D eigenvalue weighted by molar-refractivity contribution is -0.0498. The van der Waals surface area contributed by atoms with Crippen LogP contribution in [0.25, 0.3) is 0 Å². The number of hydrogen-bond donors (Lipinski definition) is 2. The minimum Gasteiger partial charge on any atom is -0.435 e. The molecule has 1 heterocycles. The molecule has 1 unspecified atom stereocenters. The quantitative estimate of drug-likeness (QED) is 0.834. The molecule has 0 aliphatic rings. The van der Waals surface area contributed by atoms with Gasteiger partial charge in [0.25, 0.3) is 0 Å². The first kappa shape index (κ1) is 18.7. The van der Waals surface area contributed by atoms with Crippen molar-refractivity contribution in [3.8, 4) is 5.75 Å². The molecule has 2 aromatic rings. The number of nitrogens with zero attached hydrogens (tertiary/aromatic N) is 2. The monoisotopic (exact) mass is 352 g/mol. The average Bonchev–Trinajstić information content (AvgIpc) is 2.79. The molecule has 2 amide bonds. The van der Waals surface area contributed by atoms with Crippen molar-refractivity contribution in [2.24, 2.45) is 0 Å². The molecule has 0 aliphatic carbocycles. The Labute approximate surface area is 145 Å². The van der Waals surface area contributed by atoms with Crippen LogP contribution >= 0.6 is 0 Å². The number of ether oxygens (including phenoxy) is 1. The second kappa shape index (κ2) is 7.96. The number of carbonyl (C=O) groups excluding carboxylic acids is 1. The molecule has 6 nitrogen and oxygen atoms in total. The Morgan fingerprint density at radius 1 is 1.28 bits per heavy atom. The maximum Gasteiger partial charge on any atom is 0.387 e. The fourth-order valence-corrected chi connectivity index (χ4v) is 2.50. The van der Waals surface area contributed by atoms with Crippen molar-refractivity contribution in [1.29, 1.82) is 0 Å². The van der Waals surface area contributed by atoms with Crippen molar-refractivity contribution in [2.75, 3.05) is 5.32 Å². The zero-order chi connectivity index (χ0) is 18.6. The minimum atomic E-state index is -2.88. The Hall–Kier alpha value is -2.64. The third kappa shape index (κ3) is 5.44. The topological polar surface area (TPSA) is 68.2 Å². The van der Waals surface area contributed by atoms with E-state index in [0.29, 0.717) is 17.8 Å². The van der Waals surface area contributed by atoms with Gasteiger partial charge in [0.05, 0.1) is 12.2 Å². The van der Waals surface area contributed by atoms with E-state index in [-0.39, 0.29) is 17.8 Å². The molecule has 0 radical (unpaired) electrons. The predicted octanol–water partition coefficient (Wildman–Crippen LogP) is 3.62. The normalized spacial score (nSPS) is 12.1. The largest absolute Gasteiger partial charge is 0.435 e. The van der Waals surface area contributed by atoms with E-state index in [1.807, 2.05) is 31.5 Å². The number of urea groups is 1. The van der Waals surface area contributed by atoms with Crippen molar-refractivity contribution >= 4 is 11.7 Å². The van der Waals surface area contributed by atoms with Crippen LogP contribution in [0.2, 0.25) is 0 Å². The Morgan fingerprint density at radius 2 is 2.00 bits per heavy atom. The van der Waals surface area contributed by atoms with E-state index in [0.717, 1.165) is 11.4 Å². The Balaban J connectivity index is 1.92. The summed E-state index contributed by atoms with van der Waals surface area (Å²) < 4.78 is 30.6. The molecule has 0 saturated carbocycles. The number of hydrogen-bond acceptors (Lipinski definition) is 3. The summed E-state index contributed by atoms with van der Waals surface area (Å²) in [6.07, 6.45) is 0. The molecule has 25 heavy (non-hydrogen) atoms. The van der Waals surface area contributed by atoms with Gasteiger partial charge in [-0.05, 0) is 57.5 Å². The number of nitrogens with one attached hydrogen (secondary N) is 2. The Bertz CT molecular complexity index is 746. The number of benzene rings is 1. The average molecular weight is 352 g/mol. The summed E-state index contributed by atoms with van der Waals surface area (Å²) in [7, 11) is 0. The highest BCUT2D eigenvalue weighted by Gasteiger charge is 2.12. The molecular formula is C17H22F2N4O2. The van der Waals surface area contributed by atoms with E-state index in [2.05, 4.69) is 20.5 Å². The van der Waals surface area contributed by atoms with Crippen LogP contribution in [-0.4, -0.2) is 28.5 Å². The highest BCUT2D eigenvalue weighted by atomic mass is 19.3. The van der Waals surface area contributed by atoms with Gasteiger partial charge in [0.2, 0.25) is 0 Å². The fraction of sp³-hybridized carbons (Fsp3) is 0.412. The summed E-state index contributed by atoms with van der Waals surface area (Å²) in [6, 6.07) is 5.81. The van der Waals surface area contributed by atoms with Gasteiger partial charge in [0, 0.05) is 17.4 Å². The summed E-state index contributed by atoms with van der Waals surface area (Å²) >= 11 is 0.